The zero-order valence-electron chi connectivity index (χ0n) is 9.33. The topological polar surface area (TPSA) is 91.8 Å². The quantitative estimate of drug-likeness (QED) is 0.768. The molecule has 0 atom stereocenters. The zero-order chi connectivity index (χ0) is 12.5. The summed E-state index contributed by atoms with van der Waals surface area (Å²) in [6.07, 6.45) is 4.77. The highest BCUT2D eigenvalue weighted by Gasteiger charge is 2.35. The molecule has 0 saturated carbocycles. The predicted molar refractivity (Wildman–Crippen MR) is 59.7 cm³/mol. The molecule has 0 aliphatic carbocycles. The van der Waals surface area contributed by atoms with Crippen LogP contribution in [0.15, 0.2) is 24.8 Å². The van der Waals surface area contributed by atoms with Gasteiger partial charge in [0.2, 0.25) is 0 Å². The number of aromatic nitrogens is 4. The van der Waals surface area contributed by atoms with Crippen molar-refractivity contribution in [2.45, 2.75) is 6.42 Å². The molecule has 1 aliphatic rings. The molecule has 0 fully saturated rings. The molecule has 0 unspecified atom stereocenters. The first-order chi connectivity index (χ1) is 8.77. The van der Waals surface area contributed by atoms with Gasteiger partial charge >= 0.3 is 0 Å². The summed E-state index contributed by atoms with van der Waals surface area (Å²) in [5.41, 5.74) is 0.771. The van der Waals surface area contributed by atoms with E-state index >= 15 is 0 Å². The monoisotopic (exact) mass is 243 g/mol. The fraction of sp³-hybridized carbons (Fsp3) is 0.182. The molecular formula is C11H9N5O2. The third-order valence-corrected chi connectivity index (χ3v) is 2.81. The molecule has 0 radical (unpaired) electrons. The maximum Gasteiger partial charge on any atom is 0.263 e. The number of amides is 2. The summed E-state index contributed by atoms with van der Waals surface area (Å²) in [6, 6.07) is 1.56. The number of nitrogens with one attached hydrogen (secondary N) is 1. The summed E-state index contributed by atoms with van der Waals surface area (Å²) in [5.74, 6) is 0.0595. The van der Waals surface area contributed by atoms with Gasteiger partial charge in [-0.15, -0.1) is 0 Å². The van der Waals surface area contributed by atoms with Crippen LogP contribution < -0.4 is 0 Å². The minimum Gasteiger partial charge on any atom is -0.274 e. The second-order valence-electron chi connectivity index (χ2n) is 3.87. The van der Waals surface area contributed by atoms with Gasteiger partial charge in [-0.25, -0.2) is 4.98 Å². The lowest BCUT2D eigenvalue weighted by Crippen LogP contribution is -2.31. The zero-order valence-corrected chi connectivity index (χ0v) is 9.33. The summed E-state index contributed by atoms with van der Waals surface area (Å²) in [6.45, 7) is 0.279. The van der Waals surface area contributed by atoms with Crippen LogP contribution >= 0.6 is 0 Å². The van der Waals surface area contributed by atoms with Gasteiger partial charge in [-0.1, -0.05) is 0 Å². The molecule has 2 aromatic heterocycles. The second kappa shape index (κ2) is 4.02. The summed E-state index contributed by atoms with van der Waals surface area (Å²) >= 11 is 0. The Morgan fingerprint density at radius 3 is 2.78 bits per heavy atom. The number of fused-ring (bicyclic) bond motifs is 1. The van der Waals surface area contributed by atoms with Gasteiger partial charge < -0.3 is 0 Å². The van der Waals surface area contributed by atoms with Crippen LogP contribution in [0.3, 0.4) is 0 Å². The molecule has 7 nitrogen and oxygen atoms in total. The van der Waals surface area contributed by atoms with Gasteiger partial charge in [0.1, 0.15) is 12.2 Å². The number of hydrogen-bond acceptors (Lipinski definition) is 5. The van der Waals surface area contributed by atoms with Gasteiger partial charge in [0.05, 0.1) is 11.1 Å². The first-order valence-electron chi connectivity index (χ1n) is 5.42. The van der Waals surface area contributed by atoms with Crippen molar-refractivity contribution in [3.63, 3.8) is 0 Å². The van der Waals surface area contributed by atoms with E-state index in [1.807, 2.05) is 0 Å². The van der Waals surface area contributed by atoms with Gasteiger partial charge in [-0.3, -0.25) is 24.6 Å². The maximum atomic E-state index is 12.0. The number of carbonyl (C=O) groups excluding carboxylic acids is 2. The van der Waals surface area contributed by atoms with Crippen LogP contribution in [-0.4, -0.2) is 43.4 Å². The Morgan fingerprint density at radius 2 is 2.06 bits per heavy atom. The molecule has 3 heterocycles. The summed E-state index contributed by atoms with van der Waals surface area (Å²) in [4.78, 5) is 33.0. The minimum atomic E-state index is -0.303. The Labute approximate surface area is 102 Å². The van der Waals surface area contributed by atoms with Crippen molar-refractivity contribution in [3.8, 4) is 0 Å². The van der Waals surface area contributed by atoms with Crippen LogP contribution in [0, 0.1) is 0 Å². The average Bonchev–Trinajstić information content (AvgIpc) is 2.98. The van der Waals surface area contributed by atoms with E-state index in [0.29, 0.717) is 23.4 Å². The van der Waals surface area contributed by atoms with Crippen molar-refractivity contribution < 1.29 is 9.59 Å². The molecule has 18 heavy (non-hydrogen) atoms. The van der Waals surface area contributed by atoms with Crippen molar-refractivity contribution in [1.29, 1.82) is 0 Å². The Kier molecular flexibility index (Phi) is 2.36. The van der Waals surface area contributed by atoms with Crippen LogP contribution in [0.2, 0.25) is 0 Å². The highest BCUT2D eigenvalue weighted by atomic mass is 16.2. The molecule has 1 N–H and O–H groups in total. The van der Waals surface area contributed by atoms with Crippen LogP contribution in [0.5, 0.6) is 0 Å². The predicted octanol–water partition coefficient (Wildman–Crippen LogP) is 0.0384. The number of imide groups is 1. The lowest BCUT2D eigenvalue weighted by molar-refractivity contribution is 0.0655. The highest BCUT2D eigenvalue weighted by molar-refractivity contribution is 6.21. The van der Waals surface area contributed by atoms with Gasteiger partial charge in [0, 0.05) is 25.4 Å². The SMILES string of the molecule is O=C1c2ccncc2C(=O)N1CCc1ncn[nH]1. The van der Waals surface area contributed by atoms with E-state index < -0.39 is 0 Å². The van der Waals surface area contributed by atoms with Gasteiger partial charge in [-0.05, 0) is 6.07 Å². The molecule has 0 spiro atoms. The van der Waals surface area contributed by atoms with Crippen molar-refractivity contribution in [1.82, 2.24) is 25.1 Å². The lowest BCUT2D eigenvalue weighted by Gasteiger charge is -2.11. The molecular weight excluding hydrogens is 234 g/mol. The molecule has 2 amide bonds. The number of aromatic amines is 1. The summed E-state index contributed by atoms with van der Waals surface area (Å²) < 4.78 is 0. The first-order valence-corrected chi connectivity index (χ1v) is 5.42. The van der Waals surface area contributed by atoms with Gasteiger partial charge in [-0.2, -0.15) is 5.10 Å². The molecule has 2 aromatic rings. The van der Waals surface area contributed by atoms with E-state index in [-0.39, 0.29) is 18.4 Å². The molecule has 0 saturated heterocycles. The first kappa shape index (κ1) is 10.6. The molecule has 0 bridgehead atoms. The van der Waals surface area contributed by atoms with Crippen LogP contribution in [0.1, 0.15) is 26.5 Å². The summed E-state index contributed by atoms with van der Waals surface area (Å²) in [5, 5.41) is 6.40. The standard InChI is InChI=1S/C11H9N5O2/c17-10-7-1-3-12-5-8(7)11(18)16(10)4-2-9-13-6-14-15-9/h1,3,5-6H,2,4H2,(H,13,14,15). The normalized spacial score (nSPS) is 14.1. The van der Waals surface area contributed by atoms with E-state index in [0.717, 1.165) is 0 Å². The molecule has 0 aromatic carbocycles. The van der Waals surface area contributed by atoms with Gasteiger partial charge in [0.25, 0.3) is 11.8 Å². The second-order valence-corrected chi connectivity index (χ2v) is 3.87. The number of rotatable bonds is 3. The fourth-order valence-corrected chi connectivity index (χ4v) is 1.91. The minimum absolute atomic E-state index is 0.279. The summed E-state index contributed by atoms with van der Waals surface area (Å²) in [7, 11) is 0. The molecule has 7 heteroatoms. The van der Waals surface area contributed by atoms with E-state index in [4.69, 9.17) is 0 Å². The number of nitrogens with zero attached hydrogens (tertiary/aromatic N) is 4. The smallest absolute Gasteiger partial charge is 0.263 e. The largest absolute Gasteiger partial charge is 0.274 e. The third kappa shape index (κ3) is 1.56. The van der Waals surface area contributed by atoms with Crippen molar-refractivity contribution in [3.05, 3.63) is 41.7 Å². The molecule has 3 rings (SSSR count). The number of carbonyl (C=O) groups is 2. The fourth-order valence-electron chi connectivity index (χ4n) is 1.91. The maximum absolute atomic E-state index is 12.0. The molecule has 1 aliphatic heterocycles. The number of pyridine rings is 1. The number of H-pyrrole nitrogens is 1. The van der Waals surface area contributed by atoms with Crippen molar-refractivity contribution in [2.24, 2.45) is 0 Å². The van der Waals surface area contributed by atoms with Crippen molar-refractivity contribution >= 4 is 11.8 Å². The van der Waals surface area contributed by atoms with Crippen molar-refractivity contribution in [2.75, 3.05) is 6.54 Å². The Morgan fingerprint density at radius 1 is 1.22 bits per heavy atom. The van der Waals surface area contributed by atoms with E-state index in [1.54, 1.807) is 6.07 Å². The van der Waals surface area contributed by atoms with E-state index in [9.17, 15) is 9.59 Å². The molecule has 90 valence electrons. The van der Waals surface area contributed by atoms with Crippen LogP contribution in [-0.2, 0) is 6.42 Å². The Balaban J connectivity index is 1.80. The average molecular weight is 243 g/mol. The highest BCUT2D eigenvalue weighted by Crippen LogP contribution is 2.21. The van der Waals surface area contributed by atoms with Crippen LogP contribution in [0.4, 0.5) is 0 Å². The Hall–Kier alpha value is -2.57. The third-order valence-electron chi connectivity index (χ3n) is 2.81. The van der Waals surface area contributed by atoms with Crippen LogP contribution in [0.25, 0.3) is 0 Å². The number of hydrogen-bond donors (Lipinski definition) is 1. The van der Waals surface area contributed by atoms with E-state index in [1.165, 1.54) is 23.6 Å². The Bertz CT molecular complexity index is 573. The lowest BCUT2D eigenvalue weighted by atomic mass is 10.2. The van der Waals surface area contributed by atoms with Gasteiger partial charge in [0.15, 0.2) is 0 Å². The van der Waals surface area contributed by atoms with E-state index in [2.05, 4.69) is 20.2 Å².